The van der Waals surface area contributed by atoms with Crippen molar-refractivity contribution in [3.63, 3.8) is 0 Å². The number of aryl methyl sites for hydroxylation is 4. The fourth-order valence-corrected chi connectivity index (χ4v) is 3.99. The van der Waals surface area contributed by atoms with Crippen molar-refractivity contribution < 1.29 is 9.50 Å². The van der Waals surface area contributed by atoms with E-state index in [1.807, 2.05) is 43.5 Å². The van der Waals surface area contributed by atoms with Crippen LogP contribution in [0, 0.1) is 19.7 Å². The van der Waals surface area contributed by atoms with Gasteiger partial charge in [-0.15, -0.1) is 0 Å². The van der Waals surface area contributed by atoms with Crippen molar-refractivity contribution >= 4 is 11.6 Å². The third-order valence-corrected chi connectivity index (χ3v) is 5.78. The molecule has 1 N–H and O–H groups in total. The summed E-state index contributed by atoms with van der Waals surface area (Å²) in [5, 5.41) is 19.2. The zero-order valence-electron chi connectivity index (χ0n) is 17.9. The molecule has 0 unspecified atom stereocenters. The average Bonchev–Trinajstić information content (AvgIpc) is 3.21. The first-order valence-electron chi connectivity index (χ1n) is 10.1. The van der Waals surface area contributed by atoms with Gasteiger partial charge in [-0.05, 0) is 68.1 Å². The van der Waals surface area contributed by atoms with Crippen LogP contribution in [0.4, 0.5) is 4.39 Å². The SMILES string of the molecule is Cc1ccn(-c2ccc(CCc3c(Cl)ccc(F)c3-c3c(O)c(C)nn(C)c3=O)cc2)n1. The molecule has 164 valence electrons. The highest BCUT2D eigenvalue weighted by Gasteiger charge is 2.23. The van der Waals surface area contributed by atoms with Crippen LogP contribution in [0.25, 0.3) is 16.8 Å². The largest absolute Gasteiger partial charge is 0.505 e. The van der Waals surface area contributed by atoms with E-state index in [9.17, 15) is 14.3 Å². The highest BCUT2D eigenvalue weighted by atomic mass is 35.5. The molecule has 0 aliphatic rings. The summed E-state index contributed by atoms with van der Waals surface area (Å²) in [6.07, 6.45) is 2.85. The van der Waals surface area contributed by atoms with Crippen LogP contribution >= 0.6 is 11.6 Å². The van der Waals surface area contributed by atoms with Gasteiger partial charge >= 0.3 is 0 Å². The molecule has 0 saturated heterocycles. The molecule has 0 aliphatic heterocycles. The molecule has 8 heteroatoms. The third kappa shape index (κ3) is 4.03. The van der Waals surface area contributed by atoms with Crippen LogP contribution in [0.15, 0.2) is 53.5 Å². The van der Waals surface area contributed by atoms with E-state index in [-0.39, 0.29) is 22.6 Å². The smallest absolute Gasteiger partial charge is 0.278 e. The number of hydrogen-bond acceptors (Lipinski definition) is 4. The van der Waals surface area contributed by atoms with Gasteiger partial charge in [-0.2, -0.15) is 10.2 Å². The van der Waals surface area contributed by atoms with Gasteiger partial charge in [0.15, 0.2) is 5.75 Å². The minimum absolute atomic E-state index is 0.0183. The summed E-state index contributed by atoms with van der Waals surface area (Å²) in [6.45, 7) is 3.49. The molecule has 0 amide bonds. The van der Waals surface area contributed by atoms with Crippen molar-refractivity contribution in [1.29, 1.82) is 0 Å². The van der Waals surface area contributed by atoms with E-state index >= 15 is 0 Å². The van der Waals surface area contributed by atoms with Gasteiger partial charge in [-0.3, -0.25) is 4.79 Å². The first kappa shape index (κ1) is 21.8. The van der Waals surface area contributed by atoms with Crippen LogP contribution < -0.4 is 5.56 Å². The Morgan fingerprint density at radius 2 is 1.72 bits per heavy atom. The lowest BCUT2D eigenvalue weighted by Crippen LogP contribution is -2.23. The highest BCUT2D eigenvalue weighted by Crippen LogP contribution is 2.36. The lowest BCUT2D eigenvalue weighted by Gasteiger charge is -2.15. The van der Waals surface area contributed by atoms with Crippen molar-refractivity contribution in [2.24, 2.45) is 7.05 Å². The Morgan fingerprint density at radius 3 is 2.38 bits per heavy atom. The summed E-state index contributed by atoms with van der Waals surface area (Å²) in [4.78, 5) is 12.7. The van der Waals surface area contributed by atoms with Crippen LogP contribution in [-0.4, -0.2) is 24.7 Å². The van der Waals surface area contributed by atoms with Gasteiger partial charge in [-0.25, -0.2) is 13.8 Å². The Labute approximate surface area is 189 Å². The number of nitrogens with zero attached hydrogens (tertiary/aromatic N) is 4. The number of aromatic nitrogens is 4. The van der Waals surface area contributed by atoms with Crippen LogP contribution in [0.3, 0.4) is 0 Å². The van der Waals surface area contributed by atoms with Crippen molar-refractivity contribution in [3.8, 4) is 22.6 Å². The second kappa shape index (κ2) is 8.59. The lowest BCUT2D eigenvalue weighted by molar-refractivity contribution is 0.460. The quantitative estimate of drug-likeness (QED) is 0.482. The topological polar surface area (TPSA) is 72.9 Å². The Balaban J connectivity index is 1.69. The van der Waals surface area contributed by atoms with Crippen LogP contribution in [0.5, 0.6) is 5.75 Å². The molecule has 2 heterocycles. The molecular formula is C24H22ClFN4O2. The first-order valence-corrected chi connectivity index (χ1v) is 10.5. The normalized spacial score (nSPS) is 11.2. The van der Waals surface area contributed by atoms with Gasteiger partial charge in [0, 0.05) is 23.8 Å². The third-order valence-electron chi connectivity index (χ3n) is 5.43. The molecule has 0 fully saturated rings. The second-order valence-electron chi connectivity index (χ2n) is 7.69. The molecule has 0 atom stereocenters. The van der Waals surface area contributed by atoms with Gasteiger partial charge in [0.2, 0.25) is 0 Å². The van der Waals surface area contributed by atoms with E-state index in [4.69, 9.17) is 11.6 Å². The molecule has 0 bridgehead atoms. The fraction of sp³-hybridized carbons (Fsp3) is 0.208. The Kier molecular flexibility index (Phi) is 5.84. The summed E-state index contributed by atoms with van der Waals surface area (Å²) < 4.78 is 17.8. The van der Waals surface area contributed by atoms with Crippen molar-refractivity contribution in [1.82, 2.24) is 19.6 Å². The molecule has 4 aromatic rings. The van der Waals surface area contributed by atoms with Crippen LogP contribution in [0.1, 0.15) is 22.5 Å². The van der Waals surface area contributed by atoms with E-state index in [0.717, 1.165) is 21.6 Å². The summed E-state index contributed by atoms with van der Waals surface area (Å²) >= 11 is 6.42. The molecule has 0 aliphatic carbocycles. The minimum Gasteiger partial charge on any atom is -0.505 e. The van der Waals surface area contributed by atoms with Gasteiger partial charge < -0.3 is 5.11 Å². The Hall–Kier alpha value is -3.45. The Bertz CT molecular complexity index is 1360. The molecule has 0 spiro atoms. The monoisotopic (exact) mass is 452 g/mol. The van der Waals surface area contributed by atoms with E-state index < -0.39 is 11.4 Å². The number of aromatic hydroxyl groups is 1. The van der Waals surface area contributed by atoms with Gasteiger partial charge in [-0.1, -0.05) is 23.7 Å². The fourth-order valence-electron chi connectivity index (χ4n) is 3.74. The number of hydrogen-bond donors (Lipinski definition) is 1. The van der Waals surface area contributed by atoms with E-state index in [0.29, 0.717) is 23.4 Å². The van der Waals surface area contributed by atoms with E-state index in [1.54, 1.807) is 11.6 Å². The van der Waals surface area contributed by atoms with Crippen molar-refractivity contribution in [3.05, 3.63) is 92.4 Å². The predicted molar refractivity (Wildman–Crippen MR) is 122 cm³/mol. The first-order chi connectivity index (χ1) is 15.3. The van der Waals surface area contributed by atoms with E-state index in [1.165, 1.54) is 19.2 Å². The number of halogens is 2. The van der Waals surface area contributed by atoms with Crippen molar-refractivity contribution in [2.45, 2.75) is 26.7 Å². The molecule has 0 saturated carbocycles. The second-order valence-corrected chi connectivity index (χ2v) is 8.10. The van der Waals surface area contributed by atoms with Crippen molar-refractivity contribution in [2.75, 3.05) is 0 Å². The average molecular weight is 453 g/mol. The standard InChI is InChI=1S/C24H22ClFN4O2/c1-14-12-13-30(27-14)17-7-4-16(5-8-17)6-9-18-19(25)10-11-20(26)21(18)22-23(31)15(2)28-29(3)24(22)32/h4-5,7-8,10-13,31H,6,9H2,1-3H3. The highest BCUT2D eigenvalue weighted by molar-refractivity contribution is 6.31. The summed E-state index contributed by atoms with van der Waals surface area (Å²) in [6, 6.07) is 12.5. The zero-order valence-corrected chi connectivity index (χ0v) is 18.7. The van der Waals surface area contributed by atoms with Gasteiger partial charge in [0.1, 0.15) is 11.5 Å². The summed E-state index contributed by atoms with van der Waals surface area (Å²) in [7, 11) is 1.46. The molecular weight excluding hydrogens is 431 g/mol. The minimum atomic E-state index is -0.619. The summed E-state index contributed by atoms with van der Waals surface area (Å²) in [5.41, 5.74) is 2.90. The van der Waals surface area contributed by atoms with Crippen LogP contribution in [-0.2, 0) is 19.9 Å². The maximum Gasteiger partial charge on any atom is 0.278 e. The molecule has 0 radical (unpaired) electrons. The zero-order chi connectivity index (χ0) is 23.0. The molecule has 6 nitrogen and oxygen atoms in total. The molecule has 2 aromatic carbocycles. The lowest BCUT2D eigenvalue weighted by atomic mass is 9.94. The molecule has 32 heavy (non-hydrogen) atoms. The summed E-state index contributed by atoms with van der Waals surface area (Å²) in [5.74, 6) is -0.957. The van der Waals surface area contributed by atoms with Gasteiger partial charge in [0.25, 0.3) is 5.56 Å². The maximum atomic E-state index is 15.0. The molecule has 4 rings (SSSR count). The molecule has 2 aromatic heterocycles. The van der Waals surface area contributed by atoms with Gasteiger partial charge in [0.05, 0.1) is 16.9 Å². The predicted octanol–water partition coefficient (Wildman–Crippen LogP) is 4.53. The number of benzene rings is 2. The van der Waals surface area contributed by atoms with Crippen LogP contribution in [0.2, 0.25) is 5.02 Å². The number of rotatable bonds is 5. The van der Waals surface area contributed by atoms with E-state index in [2.05, 4.69) is 10.2 Å². The maximum absolute atomic E-state index is 15.0. The Morgan fingerprint density at radius 1 is 1.00 bits per heavy atom.